The van der Waals surface area contributed by atoms with E-state index in [1.54, 1.807) is 6.20 Å². The van der Waals surface area contributed by atoms with E-state index < -0.39 is 0 Å². The second-order valence-electron chi connectivity index (χ2n) is 13.5. The van der Waals surface area contributed by atoms with Crippen LogP contribution in [0.1, 0.15) is 79.9 Å². The molecule has 0 atom stereocenters. The first-order chi connectivity index (χ1) is 23.0. The lowest BCUT2D eigenvalue weighted by Crippen LogP contribution is -2.58. The topological polar surface area (TPSA) is 118 Å². The standard InChI is InChI=1S/C38H39N7O2/c1-25-8-7-13-30(40-25)32-33(31-16-23-39-35(42-31)41-29-12-6-5-11-28(29)27-14-15-27)44-34(43-32)37-17-20-38(21-18-37,22-19-37)45-36(46)47-24-26-9-3-2-4-10-26/h2-13,16,23,27H,14-15,17-22,24H2,1H3,(H,43,44)(H,45,46)(H,39,41,42). The third kappa shape index (κ3) is 5.98. The van der Waals surface area contributed by atoms with Crippen LogP contribution in [0.25, 0.3) is 22.8 Å². The summed E-state index contributed by atoms with van der Waals surface area (Å²) in [7, 11) is 0. The van der Waals surface area contributed by atoms with Crippen LogP contribution in [0.3, 0.4) is 0 Å². The van der Waals surface area contributed by atoms with Crippen LogP contribution in [0.5, 0.6) is 0 Å². The molecular formula is C38H39N7O2. The number of nitrogens with one attached hydrogen (secondary N) is 3. The van der Waals surface area contributed by atoms with E-state index in [1.807, 2.05) is 67.6 Å². The summed E-state index contributed by atoms with van der Waals surface area (Å²) < 4.78 is 5.59. The Morgan fingerprint density at radius 1 is 0.851 bits per heavy atom. The van der Waals surface area contributed by atoms with Crippen LogP contribution in [-0.2, 0) is 16.8 Å². The Balaban J connectivity index is 1.05. The number of hydrogen-bond donors (Lipinski definition) is 3. The zero-order chi connectivity index (χ0) is 31.8. The molecule has 2 aromatic carbocycles. The van der Waals surface area contributed by atoms with Gasteiger partial charge >= 0.3 is 6.09 Å². The minimum absolute atomic E-state index is 0.106. The Morgan fingerprint density at radius 3 is 2.38 bits per heavy atom. The summed E-state index contributed by atoms with van der Waals surface area (Å²) in [5.41, 5.74) is 7.17. The number of fused-ring (bicyclic) bond motifs is 3. The fraction of sp³-hybridized carbons (Fsp3) is 0.342. The highest BCUT2D eigenvalue weighted by Gasteiger charge is 2.52. The van der Waals surface area contributed by atoms with Crippen LogP contribution in [0.2, 0.25) is 0 Å². The Bertz CT molecular complexity index is 1890. The van der Waals surface area contributed by atoms with E-state index in [-0.39, 0.29) is 23.7 Å². The number of ether oxygens (including phenoxy) is 1. The molecule has 0 spiro atoms. The largest absolute Gasteiger partial charge is 0.445 e. The van der Waals surface area contributed by atoms with Gasteiger partial charge < -0.3 is 20.4 Å². The van der Waals surface area contributed by atoms with Crippen molar-refractivity contribution in [2.24, 2.45) is 0 Å². The lowest BCUT2D eigenvalue weighted by molar-refractivity contribution is 0.0598. The van der Waals surface area contributed by atoms with Crippen molar-refractivity contribution in [2.75, 3.05) is 5.32 Å². The van der Waals surface area contributed by atoms with E-state index in [0.717, 1.165) is 84.1 Å². The molecule has 1 amide bonds. The summed E-state index contributed by atoms with van der Waals surface area (Å²) in [6, 6.07) is 26.2. The number of amides is 1. The van der Waals surface area contributed by atoms with Gasteiger partial charge in [-0.2, -0.15) is 0 Å². The number of pyridine rings is 1. The van der Waals surface area contributed by atoms with Gasteiger partial charge in [0.2, 0.25) is 5.95 Å². The SMILES string of the molecule is Cc1cccc(-c2nc(C34CCC(NC(=O)OCc5ccccc5)(CC3)CC4)[nH]c2-c2ccnc(Nc3ccccc3C3CC3)n2)n1. The molecule has 9 nitrogen and oxygen atoms in total. The number of imidazole rings is 1. The molecule has 4 saturated carbocycles. The number of carbonyl (C=O) groups is 1. The van der Waals surface area contributed by atoms with Gasteiger partial charge in [0.25, 0.3) is 0 Å². The maximum absolute atomic E-state index is 12.8. The molecule has 5 aromatic rings. The minimum atomic E-state index is -0.343. The van der Waals surface area contributed by atoms with Gasteiger partial charge in [-0.05, 0) is 99.6 Å². The normalized spacial score (nSPS) is 21.7. The maximum Gasteiger partial charge on any atom is 0.407 e. The van der Waals surface area contributed by atoms with Crippen LogP contribution >= 0.6 is 0 Å². The third-order valence-corrected chi connectivity index (χ3v) is 10.3. The summed E-state index contributed by atoms with van der Waals surface area (Å²) in [4.78, 5) is 36.3. The lowest BCUT2D eigenvalue weighted by atomic mass is 9.57. The molecule has 4 aliphatic rings. The van der Waals surface area contributed by atoms with Gasteiger partial charge in [-0.3, -0.25) is 4.98 Å². The molecule has 0 aliphatic heterocycles. The maximum atomic E-state index is 12.8. The van der Waals surface area contributed by atoms with Gasteiger partial charge in [0.1, 0.15) is 18.1 Å². The van der Waals surface area contributed by atoms with E-state index in [4.69, 9.17) is 19.7 Å². The van der Waals surface area contributed by atoms with Crippen LogP contribution in [0.4, 0.5) is 16.4 Å². The minimum Gasteiger partial charge on any atom is -0.445 e. The molecule has 4 fully saturated rings. The number of carbonyl (C=O) groups excluding carboxylic acids is 1. The highest BCUT2D eigenvalue weighted by Crippen LogP contribution is 2.53. The number of alkyl carbamates (subject to hydrolysis) is 1. The van der Waals surface area contributed by atoms with Crippen molar-refractivity contribution in [3.63, 3.8) is 0 Å². The zero-order valence-electron chi connectivity index (χ0n) is 26.6. The Morgan fingerprint density at radius 2 is 1.62 bits per heavy atom. The molecule has 3 aromatic heterocycles. The Labute approximate surface area is 274 Å². The fourth-order valence-corrected chi connectivity index (χ4v) is 7.41. The molecule has 0 radical (unpaired) electrons. The van der Waals surface area contributed by atoms with Crippen molar-refractivity contribution in [1.82, 2.24) is 30.2 Å². The molecule has 238 valence electrons. The van der Waals surface area contributed by atoms with Crippen molar-refractivity contribution in [3.05, 3.63) is 108 Å². The van der Waals surface area contributed by atoms with E-state index in [0.29, 0.717) is 11.9 Å². The number of rotatable bonds is 9. The number of aromatic amines is 1. The average molecular weight is 626 g/mol. The number of hydrogen-bond acceptors (Lipinski definition) is 7. The molecule has 2 bridgehead atoms. The van der Waals surface area contributed by atoms with Gasteiger partial charge in [-0.1, -0.05) is 54.6 Å². The lowest BCUT2D eigenvalue weighted by Gasteiger charge is -2.52. The second kappa shape index (κ2) is 12.0. The Hall–Kier alpha value is -5.05. The summed E-state index contributed by atoms with van der Waals surface area (Å²) in [6.07, 6.45) is 9.31. The molecule has 3 heterocycles. The predicted molar refractivity (Wildman–Crippen MR) is 181 cm³/mol. The van der Waals surface area contributed by atoms with Crippen LogP contribution in [0.15, 0.2) is 85.1 Å². The zero-order valence-corrected chi connectivity index (χ0v) is 26.6. The van der Waals surface area contributed by atoms with E-state index in [9.17, 15) is 4.79 Å². The summed E-state index contributed by atoms with van der Waals surface area (Å²) in [5.74, 6) is 2.13. The van der Waals surface area contributed by atoms with Gasteiger partial charge in [0.05, 0.1) is 17.1 Å². The summed E-state index contributed by atoms with van der Waals surface area (Å²) >= 11 is 0. The summed E-state index contributed by atoms with van der Waals surface area (Å²) in [5, 5.41) is 6.74. The quantitative estimate of drug-likeness (QED) is 0.151. The van der Waals surface area contributed by atoms with Crippen molar-refractivity contribution in [3.8, 4) is 22.8 Å². The highest BCUT2D eigenvalue weighted by atomic mass is 16.5. The Kier molecular flexibility index (Phi) is 7.47. The van der Waals surface area contributed by atoms with E-state index >= 15 is 0 Å². The van der Waals surface area contributed by atoms with Crippen molar-refractivity contribution < 1.29 is 9.53 Å². The van der Waals surface area contributed by atoms with Gasteiger partial charge in [0, 0.05) is 28.5 Å². The van der Waals surface area contributed by atoms with Crippen LogP contribution < -0.4 is 10.6 Å². The average Bonchev–Trinajstić information content (AvgIpc) is 3.85. The molecule has 9 rings (SSSR count). The van der Waals surface area contributed by atoms with Crippen LogP contribution in [0, 0.1) is 6.92 Å². The van der Waals surface area contributed by atoms with Gasteiger partial charge in [0.15, 0.2) is 0 Å². The highest BCUT2D eigenvalue weighted by molar-refractivity contribution is 5.76. The molecule has 3 N–H and O–H groups in total. The molecule has 0 saturated heterocycles. The van der Waals surface area contributed by atoms with Gasteiger partial charge in [-0.25, -0.2) is 19.7 Å². The second-order valence-corrected chi connectivity index (χ2v) is 13.5. The first kappa shape index (κ1) is 29.4. The third-order valence-electron chi connectivity index (χ3n) is 10.3. The number of nitrogens with zero attached hydrogens (tertiary/aromatic N) is 4. The molecule has 4 aliphatic carbocycles. The number of aryl methyl sites for hydroxylation is 1. The molecular weight excluding hydrogens is 586 g/mol. The monoisotopic (exact) mass is 625 g/mol. The number of H-pyrrole nitrogens is 1. The van der Waals surface area contributed by atoms with E-state index in [2.05, 4.69) is 38.8 Å². The number of benzene rings is 2. The number of aromatic nitrogens is 5. The van der Waals surface area contributed by atoms with Crippen LogP contribution in [-0.4, -0.2) is 36.6 Å². The first-order valence-corrected chi connectivity index (χ1v) is 16.7. The summed E-state index contributed by atoms with van der Waals surface area (Å²) in [6.45, 7) is 2.27. The predicted octanol–water partition coefficient (Wildman–Crippen LogP) is 8.13. The van der Waals surface area contributed by atoms with Crippen molar-refractivity contribution in [1.29, 1.82) is 0 Å². The fourth-order valence-electron chi connectivity index (χ4n) is 7.41. The van der Waals surface area contributed by atoms with Gasteiger partial charge in [-0.15, -0.1) is 0 Å². The number of para-hydroxylation sites is 1. The molecule has 0 unspecified atom stereocenters. The van der Waals surface area contributed by atoms with Crippen molar-refractivity contribution in [2.45, 2.75) is 81.8 Å². The number of anilines is 2. The van der Waals surface area contributed by atoms with E-state index in [1.165, 1.54) is 18.4 Å². The van der Waals surface area contributed by atoms with Crippen molar-refractivity contribution >= 4 is 17.7 Å². The molecule has 9 heteroatoms. The molecule has 47 heavy (non-hydrogen) atoms. The smallest absolute Gasteiger partial charge is 0.407 e. The first-order valence-electron chi connectivity index (χ1n) is 16.7.